The Labute approximate surface area is 98.2 Å². The Morgan fingerprint density at radius 3 is 2.61 bits per heavy atom. The van der Waals surface area contributed by atoms with Crippen LogP contribution in [-0.2, 0) is 4.74 Å². The molecule has 0 radical (unpaired) electrons. The van der Waals surface area contributed by atoms with E-state index in [4.69, 9.17) is 4.42 Å². The van der Waals surface area contributed by atoms with Gasteiger partial charge >= 0.3 is 11.9 Å². The van der Waals surface area contributed by atoms with Crippen molar-refractivity contribution in [2.45, 2.75) is 0 Å². The second-order valence-corrected chi connectivity index (χ2v) is 3.13. The highest BCUT2D eigenvalue weighted by atomic mass is 19.2. The van der Waals surface area contributed by atoms with Crippen molar-refractivity contribution in [3.8, 4) is 11.5 Å². The summed E-state index contributed by atoms with van der Waals surface area (Å²) in [5.74, 6) is -6.37. The molecule has 0 saturated carbocycles. The average Bonchev–Trinajstić information content (AvgIpc) is 2.84. The van der Waals surface area contributed by atoms with Crippen LogP contribution in [0, 0.1) is 17.5 Å². The van der Waals surface area contributed by atoms with Crippen LogP contribution in [0.3, 0.4) is 0 Å². The summed E-state index contributed by atoms with van der Waals surface area (Å²) < 4.78 is 48.1. The molecule has 5 nitrogen and oxygen atoms in total. The Balaban J connectivity index is 2.47. The van der Waals surface area contributed by atoms with Gasteiger partial charge in [-0.25, -0.2) is 18.0 Å². The summed E-state index contributed by atoms with van der Waals surface area (Å²) in [6.07, 6.45) is 0. The van der Waals surface area contributed by atoms with Crippen LogP contribution in [0.15, 0.2) is 16.5 Å². The van der Waals surface area contributed by atoms with Crippen LogP contribution in [-0.4, -0.2) is 23.3 Å². The predicted molar refractivity (Wildman–Crippen MR) is 50.9 cm³/mol. The van der Waals surface area contributed by atoms with Crippen molar-refractivity contribution in [2.75, 3.05) is 7.11 Å². The lowest BCUT2D eigenvalue weighted by Crippen LogP contribution is -2.00. The highest BCUT2D eigenvalue weighted by molar-refractivity contribution is 5.84. The van der Waals surface area contributed by atoms with Gasteiger partial charge in [-0.3, -0.25) is 0 Å². The number of esters is 1. The lowest BCUT2D eigenvalue weighted by Gasteiger charge is -1.99. The summed E-state index contributed by atoms with van der Waals surface area (Å²) in [6.45, 7) is 0. The fourth-order valence-electron chi connectivity index (χ4n) is 1.19. The van der Waals surface area contributed by atoms with E-state index in [1.54, 1.807) is 0 Å². The fraction of sp³-hybridized carbons (Fsp3) is 0.100. The number of ether oxygens (including phenoxy) is 1. The molecule has 0 saturated heterocycles. The van der Waals surface area contributed by atoms with Gasteiger partial charge in [0.15, 0.2) is 17.5 Å². The number of hydrogen-bond donors (Lipinski definition) is 0. The van der Waals surface area contributed by atoms with Crippen LogP contribution in [0.2, 0.25) is 0 Å². The third-order valence-electron chi connectivity index (χ3n) is 2.05. The fourth-order valence-corrected chi connectivity index (χ4v) is 1.19. The summed E-state index contributed by atoms with van der Waals surface area (Å²) in [5, 5.41) is 6.62. The molecule has 0 amide bonds. The number of halogens is 3. The number of rotatable bonds is 2. The molecule has 18 heavy (non-hydrogen) atoms. The molecule has 0 aliphatic carbocycles. The van der Waals surface area contributed by atoms with E-state index in [9.17, 15) is 18.0 Å². The second kappa shape index (κ2) is 4.47. The van der Waals surface area contributed by atoms with Crippen LogP contribution >= 0.6 is 0 Å². The molecule has 0 atom stereocenters. The molecule has 0 unspecified atom stereocenters. The van der Waals surface area contributed by atoms with Crippen molar-refractivity contribution < 1.29 is 27.1 Å². The topological polar surface area (TPSA) is 65.2 Å². The molecule has 0 aliphatic heterocycles. The van der Waals surface area contributed by atoms with Crippen molar-refractivity contribution in [1.29, 1.82) is 0 Å². The van der Waals surface area contributed by atoms with Crippen molar-refractivity contribution in [1.82, 2.24) is 10.2 Å². The SMILES string of the molecule is COC(=O)c1nnc(-c2ccc(F)c(F)c2F)o1. The Bertz CT molecular complexity index is 612. The van der Waals surface area contributed by atoms with Crippen molar-refractivity contribution in [3.05, 3.63) is 35.5 Å². The minimum atomic E-state index is -1.66. The Hall–Kier alpha value is -2.38. The summed E-state index contributed by atoms with van der Waals surface area (Å²) in [7, 11) is 1.09. The molecule has 0 spiro atoms. The van der Waals surface area contributed by atoms with E-state index in [1.165, 1.54) is 0 Å². The molecule has 0 fully saturated rings. The summed E-state index contributed by atoms with van der Waals surface area (Å²) in [6, 6.07) is 1.62. The van der Waals surface area contributed by atoms with E-state index in [2.05, 4.69) is 14.9 Å². The molecule has 0 bridgehead atoms. The van der Waals surface area contributed by atoms with Gasteiger partial charge in [-0.05, 0) is 12.1 Å². The van der Waals surface area contributed by atoms with E-state index >= 15 is 0 Å². The molecular formula is C10H5F3N2O3. The molecule has 94 valence electrons. The van der Waals surface area contributed by atoms with Crippen LogP contribution < -0.4 is 0 Å². The molecule has 0 aliphatic rings. The highest BCUT2D eigenvalue weighted by Gasteiger charge is 2.21. The van der Waals surface area contributed by atoms with Gasteiger partial charge in [0.05, 0.1) is 12.7 Å². The van der Waals surface area contributed by atoms with E-state index in [0.717, 1.165) is 13.2 Å². The van der Waals surface area contributed by atoms with E-state index in [-0.39, 0.29) is 0 Å². The highest BCUT2D eigenvalue weighted by Crippen LogP contribution is 2.24. The first-order valence-corrected chi connectivity index (χ1v) is 4.60. The molecule has 1 heterocycles. The zero-order chi connectivity index (χ0) is 13.3. The van der Waals surface area contributed by atoms with Gasteiger partial charge in [-0.15, -0.1) is 10.2 Å². The van der Waals surface area contributed by atoms with Gasteiger partial charge in [0.1, 0.15) is 0 Å². The average molecular weight is 258 g/mol. The second-order valence-electron chi connectivity index (χ2n) is 3.13. The summed E-state index contributed by atoms with van der Waals surface area (Å²) in [5.41, 5.74) is -0.448. The molecule has 2 rings (SSSR count). The number of benzene rings is 1. The Morgan fingerprint density at radius 1 is 1.22 bits per heavy atom. The zero-order valence-corrected chi connectivity index (χ0v) is 8.91. The lowest BCUT2D eigenvalue weighted by atomic mass is 10.2. The zero-order valence-electron chi connectivity index (χ0n) is 8.91. The smallest absolute Gasteiger partial charge is 0.396 e. The summed E-state index contributed by atoms with van der Waals surface area (Å²) >= 11 is 0. The molecule has 2 aromatic rings. The van der Waals surface area contributed by atoms with Gasteiger partial charge in [0, 0.05) is 0 Å². The lowest BCUT2D eigenvalue weighted by molar-refractivity contribution is 0.0556. The van der Waals surface area contributed by atoms with Crippen LogP contribution in [0.5, 0.6) is 0 Å². The van der Waals surface area contributed by atoms with Gasteiger partial charge in [-0.2, -0.15) is 0 Å². The quantitative estimate of drug-likeness (QED) is 0.608. The Kier molecular flexibility index (Phi) is 3.00. The maximum atomic E-state index is 13.4. The van der Waals surface area contributed by atoms with E-state index in [1.807, 2.05) is 0 Å². The number of methoxy groups -OCH3 is 1. The van der Waals surface area contributed by atoms with Gasteiger partial charge in [-0.1, -0.05) is 0 Å². The van der Waals surface area contributed by atoms with Crippen LogP contribution in [0.4, 0.5) is 13.2 Å². The molecule has 8 heteroatoms. The first kappa shape index (κ1) is 12.1. The van der Waals surface area contributed by atoms with Crippen molar-refractivity contribution in [3.63, 3.8) is 0 Å². The minimum absolute atomic E-state index is 0.448. The molecule has 1 aromatic heterocycles. The van der Waals surface area contributed by atoms with E-state index < -0.39 is 40.8 Å². The number of aromatic nitrogens is 2. The van der Waals surface area contributed by atoms with Crippen LogP contribution in [0.1, 0.15) is 10.7 Å². The first-order valence-electron chi connectivity index (χ1n) is 4.60. The van der Waals surface area contributed by atoms with E-state index in [0.29, 0.717) is 6.07 Å². The Morgan fingerprint density at radius 2 is 1.94 bits per heavy atom. The van der Waals surface area contributed by atoms with Gasteiger partial charge in [0.25, 0.3) is 5.89 Å². The number of carbonyl (C=O) groups excluding carboxylic acids is 1. The third kappa shape index (κ3) is 1.92. The van der Waals surface area contributed by atoms with Crippen molar-refractivity contribution in [2.24, 2.45) is 0 Å². The van der Waals surface area contributed by atoms with Gasteiger partial charge < -0.3 is 9.15 Å². The molecular weight excluding hydrogens is 253 g/mol. The third-order valence-corrected chi connectivity index (χ3v) is 2.05. The first-order chi connectivity index (χ1) is 8.54. The summed E-state index contributed by atoms with van der Waals surface area (Å²) in [4.78, 5) is 11.0. The number of carbonyl (C=O) groups is 1. The standard InChI is InChI=1S/C10H5F3N2O3/c1-17-10(16)9-15-14-8(18-9)4-2-3-5(11)7(13)6(4)12/h2-3H,1H3. The number of hydrogen-bond acceptors (Lipinski definition) is 5. The maximum absolute atomic E-state index is 13.4. The molecule has 1 aromatic carbocycles. The largest absolute Gasteiger partial charge is 0.462 e. The van der Waals surface area contributed by atoms with Crippen molar-refractivity contribution >= 4 is 5.97 Å². The van der Waals surface area contributed by atoms with Gasteiger partial charge in [0.2, 0.25) is 0 Å². The number of nitrogens with zero attached hydrogens (tertiary/aromatic N) is 2. The van der Waals surface area contributed by atoms with Crippen LogP contribution in [0.25, 0.3) is 11.5 Å². The predicted octanol–water partition coefficient (Wildman–Crippen LogP) is 1.94. The monoisotopic (exact) mass is 258 g/mol. The maximum Gasteiger partial charge on any atom is 0.396 e. The normalized spacial score (nSPS) is 10.4. The molecule has 0 N–H and O–H groups in total. The minimum Gasteiger partial charge on any atom is -0.462 e.